The first-order valence-corrected chi connectivity index (χ1v) is 6.77. The number of imidazole rings is 1. The lowest BCUT2D eigenvalue weighted by molar-refractivity contribution is 0.0955. The molecule has 98 valence electrons. The third-order valence-electron chi connectivity index (χ3n) is 2.76. The molecule has 3 heterocycles. The van der Waals surface area contributed by atoms with Gasteiger partial charge in [0.15, 0.2) is 10.7 Å². The van der Waals surface area contributed by atoms with Gasteiger partial charge < -0.3 is 5.32 Å². The van der Waals surface area contributed by atoms with E-state index in [-0.39, 0.29) is 12.5 Å². The molecule has 0 radical (unpaired) electrons. The van der Waals surface area contributed by atoms with Crippen molar-refractivity contribution in [3.63, 3.8) is 0 Å². The number of nitrogens with one attached hydrogen (secondary N) is 1. The van der Waals surface area contributed by atoms with Crippen molar-refractivity contribution in [3.05, 3.63) is 41.8 Å². The standard InChI is InChI=1S/C14H10N4OS/c1-2-5-16-13(19)11-12(10-4-3-6-15-9-10)18-7-8-20-14(18)17-11/h1,3-4,6-9H,5H2,(H,16,19). The molecule has 3 aromatic heterocycles. The van der Waals surface area contributed by atoms with Crippen molar-refractivity contribution in [2.24, 2.45) is 0 Å². The molecule has 20 heavy (non-hydrogen) atoms. The van der Waals surface area contributed by atoms with Crippen LogP contribution < -0.4 is 5.32 Å². The minimum Gasteiger partial charge on any atom is -0.340 e. The molecule has 1 amide bonds. The van der Waals surface area contributed by atoms with Gasteiger partial charge in [-0.25, -0.2) is 4.98 Å². The topological polar surface area (TPSA) is 59.3 Å². The summed E-state index contributed by atoms with van der Waals surface area (Å²) < 4.78 is 1.88. The summed E-state index contributed by atoms with van der Waals surface area (Å²) in [6.45, 7) is 0.177. The summed E-state index contributed by atoms with van der Waals surface area (Å²) in [4.78, 5) is 21.4. The van der Waals surface area contributed by atoms with Gasteiger partial charge in [-0.3, -0.25) is 14.2 Å². The summed E-state index contributed by atoms with van der Waals surface area (Å²) in [6.07, 6.45) is 10.4. The van der Waals surface area contributed by atoms with E-state index < -0.39 is 0 Å². The highest BCUT2D eigenvalue weighted by molar-refractivity contribution is 7.15. The smallest absolute Gasteiger partial charge is 0.272 e. The Morgan fingerprint density at radius 1 is 1.55 bits per heavy atom. The first-order chi connectivity index (χ1) is 9.81. The van der Waals surface area contributed by atoms with Gasteiger partial charge in [0, 0.05) is 29.5 Å². The Bertz CT molecular complexity index is 798. The molecule has 3 aromatic rings. The number of thiazole rings is 1. The minimum absolute atomic E-state index is 0.177. The van der Waals surface area contributed by atoms with Crippen molar-refractivity contribution in [2.45, 2.75) is 0 Å². The number of carbonyl (C=O) groups is 1. The monoisotopic (exact) mass is 282 g/mol. The summed E-state index contributed by atoms with van der Waals surface area (Å²) in [6, 6.07) is 3.72. The summed E-state index contributed by atoms with van der Waals surface area (Å²) in [5.74, 6) is 2.10. The van der Waals surface area contributed by atoms with Crippen LogP contribution in [0.2, 0.25) is 0 Å². The lowest BCUT2D eigenvalue weighted by Gasteiger charge is -2.03. The first-order valence-electron chi connectivity index (χ1n) is 5.89. The number of carbonyl (C=O) groups excluding carboxylic acids is 1. The summed E-state index contributed by atoms with van der Waals surface area (Å²) in [7, 11) is 0. The van der Waals surface area contributed by atoms with Crippen LogP contribution in [-0.2, 0) is 0 Å². The molecular formula is C14H10N4OS. The second-order valence-electron chi connectivity index (χ2n) is 3.99. The molecule has 0 unspecified atom stereocenters. The quantitative estimate of drug-likeness (QED) is 0.745. The van der Waals surface area contributed by atoms with Crippen molar-refractivity contribution < 1.29 is 4.79 Å². The number of nitrogens with zero attached hydrogens (tertiary/aromatic N) is 3. The lowest BCUT2D eigenvalue weighted by Crippen LogP contribution is -2.24. The van der Waals surface area contributed by atoms with Crippen LogP contribution >= 0.6 is 11.3 Å². The fraction of sp³-hybridized carbons (Fsp3) is 0.0714. The zero-order chi connectivity index (χ0) is 13.9. The third kappa shape index (κ3) is 2.04. The Labute approximate surface area is 119 Å². The highest BCUT2D eigenvalue weighted by Crippen LogP contribution is 2.26. The number of hydrogen-bond acceptors (Lipinski definition) is 4. The van der Waals surface area contributed by atoms with Crippen molar-refractivity contribution in [3.8, 4) is 23.6 Å². The number of pyridine rings is 1. The molecule has 0 bridgehead atoms. The van der Waals surface area contributed by atoms with Gasteiger partial charge in [-0.1, -0.05) is 5.92 Å². The molecule has 1 N–H and O–H groups in total. The van der Waals surface area contributed by atoms with Crippen LogP contribution in [0.3, 0.4) is 0 Å². The molecule has 0 spiro atoms. The maximum atomic E-state index is 12.2. The van der Waals surface area contributed by atoms with Crippen LogP contribution in [0.5, 0.6) is 0 Å². The third-order valence-corrected chi connectivity index (χ3v) is 3.52. The van der Waals surface area contributed by atoms with E-state index in [9.17, 15) is 4.79 Å². The molecule has 5 nitrogen and oxygen atoms in total. The molecule has 0 aromatic carbocycles. The normalized spacial score (nSPS) is 10.3. The van der Waals surface area contributed by atoms with Gasteiger partial charge >= 0.3 is 0 Å². The van der Waals surface area contributed by atoms with Crippen molar-refractivity contribution in [1.29, 1.82) is 0 Å². The maximum Gasteiger partial charge on any atom is 0.272 e. The van der Waals surface area contributed by atoms with E-state index in [1.165, 1.54) is 11.3 Å². The molecule has 0 saturated carbocycles. The number of rotatable bonds is 3. The number of terminal acetylenes is 1. The molecule has 3 rings (SSSR count). The van der Waals surface area contributed by atoms with Crippen molar-refractivity contribution in [2.75, 3.05) is 6.54 Å². The van der Waals surface area contributed by atoms with E-state index in [1.54, 1.807) is 12.4 Å². The summed E-state index contributed by atoms with van der Waals surface area (Å²) in [5, 5.41) is 4.56. The second-order valence-corrected chi connectivity index (χ2v) is 4.87. The van der Waals surface area contributed by atoms with Crippen molar-refractivity contribution >= 4 is 22.2 Å². The molecule has 0 fully saturated rings. The predicted molar refractivity (Wildman–Crippen MR) is 77.5 cm³/mol. The molecule has 0 atom stereocenters. The van der Waals surface area contributed by atoms with Crippen LogP contribution in [0.15, 0.2) is 36.1 Å². The molecule has 0 aliphatic carbocycles. The van der Waals surface area contributed by atoms with Gasteiger partial charge in [0.25, 0.3) is 5.91 Å². The number of fused-ring (bicyclic) bond motifs is 1. The lowest BCUT2D eigenvalue weighted by atomic mass is 10.1. The Hall–Kier alpha value is -2.65. The molecule has 0 saturated heterocycles. The SMILES string of the molecule is C#CCNC(=O)c1nc2sccn2c1-c1cccnc1. The molecule has 6 heteroatoms. The average molecular weight is 282 g/mol. The van der Waals surface area contributed by atoms with Crippen LogP contribution in [0.1, 0.15) is 10.5 Å². The van der Waals surface area contributed by atoms with Gasteiger partial charge in [-0.2, -0.15) is 0 Å². The van der Waals surface area contributed by atoms with Crippen LogP contribution in [0, 0.1) is 12.3 Å². The number of amides is 1. The Kier molecular flexibility index (Phi) is 3.19. The Morgan fingerprint density at radius 2 is 2.45 bits per heavy atom. The Balaban J connectivity index is 2.15. The maximum absolute atomic E-state index is 12.2. The largest absolute Gasteiger partial charge is 0.340 e. The number of aromatic nitrogens is 3. The van der Waals surface area contributed by atoms with Crippen LogP contribution in [0.4, 0.5) is 0 Å². The average Bonchev–Trinajstić information content (AvgIpc) is 3.05. The van der Waals surface area contributed by atoms with Crippen molar-refractivity contribution in [1.82, 2.24) is 19.7 Å². The second kappa shape index (κ2) is 5.15. The first kappa shape index (κ1) is 12.4. The van der Waals surface area contributed by atoms with E-state index in [0.717, 1.165) is 16.2 Å². The highest BCUT2D eigenvalue weighted by Gasteiger charge is 2.20. The number of hydrogen-bond donors (Lipinski definition) is 1. The fourth-order valence-corrected chi connectivity index (χ4v) is 2.65. The summed E-state index contributed by atoms with van der Waals surface area (Å²) >= 11 is 1.47. The van der Waals surface area contributed by atoms with Gasteiger partial charge in [0.05, 0.1) is 12.2 Å². The van der Waals surface area contributed by atoms with E-state index >= 15 is 0 Å². The van der Waals surface area contributed by atoms with Crippen LogP contribution in [0.25, 0.3) is 16.2 Å². The molecular weight excluding hydrogens is 272 g/mol. The van der Waals surface area contributed by atoms with E-state index in [2.05, 4.69) is 21.2 Å². The van der Waals surface area contributed by atoms with E-state index in [4.69, 9.17) is 6.42 Å². The van der Waals surface area contributed by atoms with Gasteiger partial charge in [-0.05, 0) is 12.1 Å². The Morgan fingerprint density at radius 3 is 3.20 bits per heavy atom. The highest BCUT2D eigenvalue weighted by atomic mass is 32.1. The zero-order valence-electron chi connectivity index (χ0n) is 10.4. The molecule has 0 aliphatic rings. The van der Waals surface area contributed by atoms with Gasteiger partial charge in [-0.15, -0.1) is 17.8 Å². The van der Waals surface area contributed by atoms with E-state index in [1.807, 2.05) is 28.1 Å². The fourth-order valence-electron chi connectivity index (χ4n) is 1.94. The predicted octanol–water partition coefficient (Wildman–Crippen LogP) is 1.82. The van der Waals surface area contributed by atoms with E-state index in [0.29, 0.717) is 5.69 Å². The molecule has 0 aliphatic heterocycles. The van der Waals surface area contributed by atoms with Gasteiger partial charge in [0.1, 0.15) is 0 Å². The summed E-state index contributed by atoms with van der Waals surface area (Å²) in [5.41, 5.74) is 1.92. The zero-order valence-corrected chi connectivity index (χ0v) is 11.2. The van der Waals surface area contributed by atoms with Crippen LogP contribution in [-0.4, -0.2) is 26.8 Å². The van der Waals surface area contributed by atoms with Gasteiger partial charge in [0.2, 0.25) is 0 Å². The minimum atomic E-state index is -0.280.